The summed E-state index contributed by atoms with van der Waals surface area (Å²) in [6.45, 7) is 8.65. The van der Waals surface area contributed by atoms with Gasteiger partial charge in [0.25, 0.3) is 5.91 Å². The molecule has 5 nitrogen and oxygen atoms in total. The first-order valence-electron chi connectivity index (χ1n) is 8.99. The lowest BCUT2D eigenvalue weighted by atomic mass is 9.64. The topological polar surface area (TPSA) is 47.4 Å². The average molecular weight is 394 g/mol. The van der Waals surface area contributed by atoms with Gasteiger partial charge in [-0.3, -0.25) is 9.48 Å². The second kappa shape index (κ2) is 6.36. The number of hydrogen-bond acceptors (Lipinski definition) is 4. The molecule has 26 heavy (non-hydrogen) atoms. The number of thiophene rings is 1. The minimum absolute atomic E-state index is 0.0156. The first kappa shape index (κ1) is 18.0. The molecule has 1 spiro atoms. The number of carbonyl (C=O) groups is 1. The fraction of sp³-hybridized carbons (Fsp3) is 0.579. The standard InChI is InChI=1S/C19H24ClN3O2S/c1-18(2,3)23-11-13(10-21-23)15-19(5-7-25-8-6-19)12-22(15)17(24)14-4-9-26-16(14)20/h4,9-11,15H,5-8,12H2,1-3H3. The van der Waals surface area contributed by atoms with E-state index in [9.17, 15) is 4.79 Å². The van der Waals surface area contributed by atoms with Crippen molar-refractivity contribution < 1.29 is 9.53 Å². The van der Waals surface area contributed by atoms with Crippen LogP contribution in [-0.2, 0) is 10.3 Å². The monoisotopic (exact) mass is 393 g/mol. The van der Waals surface area contributed by atoms with Crippen molar-refractivity contribution in [3.63, 3.8) is 0 Å². The molecular weight excluding hydrogens is 370 g/mol. The minimum atomic E-state index is -0.0870. The quantitative estimate of drug-likeness (QED) is 0.762. The molecule has 2 aliphatic heterocycles. The van der Waals surface area contributed by atoms with Crippen LogP contribution in [0.4, 0.5) is 0 Å². The van der Waals surface area contributed by atoms with Crippen molar-refractivity contribution in [2.24, 2.45) is 5.41 Å². The third-order valence-electron chi connectivity index (χ3n) is 5.58. The van der Waals surface area contributed by atoms with E-state index in [0.29, 0.717) is 9.90 Å². The predicted octanol–water partition coefficient (Wildman–Crippen LogP) is 4.35. The average Bonchev–Trinajstić information content (AvgIpc) is 3.22. The van der Waals surface area contributed by atoms with Crippen LogP contribution in [0.1, 0.15) is 55.6 Å². The molecule has 1 unspecified atom stereocenters. The van der Waals surface area contributed by atoms with Crippen LogP contribution in [0.5, 0.6) is 0 Å². The lowest BCUT2D eigenvalue weighted by Crippen LogP contribution is -2.62. The van der Waals surface area contributed by atoms with Gasteiger partial charge in [-0.15, -0.1) is 11.3 Å². The van der Waals surface area contributed by atoms with Gasteiger partial charge in [0.05, 0.1) is 23.3 Å². The highest BCUT2D eigenvalue weighted by Gasteiger charge is 2.56. The fourth-order valence-electron chi connectivity index (χ4n) is 4.11. The summed E-state index contributed by atoms with van der Waals surface area (Å²) < 4.78 is 8.13. The molecule has 4 heterocycles. The van der Waals surface area contributed by atoms with Gasteiger partial charge >= 0.3 is 0 Å². The molecule has 0 saturated carbocycles. The third-order valence-corrected chi connectivity index (χ3v) is 6.75. The Morgan fingerprint density at radius 2 is 2.12 bits per heavy atom. The van der Waals surface area contributed by atoms with Crippen molar-refractivity contribution in [2.75, 3.05) is 19.8 Å². The van der Waals surface area contributed by atoms with Crippen molar-refractivity contribution in [3.8, 4) is 0 Å². The van der Waals surface area contributed by atoms with Crippen LogP contribution < -0.4 is 0 Å². The number of halogens is 1. The third kappa shape index (κ3) is 2.88. The minimum Gasteiger partial charge on any atom is -0.381 e. The highest BCUT2D eigenvalue weighted by atomic mass is 35.5. The van der Waals surface area contributed by atoms with E-state index in [0.717, 1.165) is 38.2 Å². The summed E-state index contributed by atoms with van der Waals surface area (Å²) in [4.78, 5) is 15.1. The molecule has 2 aromatic rings. The molecule has 1 atom stereocenters. The van der Waals surface area contributed by atoms with Crippen LogP contribution in [-0.4, -0.2) is 40.3 Å². The molecule has 0 N–H and O–H groups in total. The summed E-state index contributed by atoms with van der Waals surface area (Å²) in [5.41, 5.74) is 1.71. The lowest BCUT2D eigenvalue weighted by Gasteiger charge is -2.59. The number of amides is 1. The van der Waals surface area contributed by atoms with Crippen LogP contribution in [0.25, 0.3) is 0 Å². The Kier molecular flexibility index (Phi) is 4.40. The van der Waals surface area contributed by atoms with E-state index in [1.54, 1.807) is 0 Å². The maximum atomic E-state index is 13.1. The number of aromatic nitrogens is 2. The van der Waals surface area contributed by atoms with E-state index in [1.165, 1.54) is 11.3 Å². The Labute approximate surface area is 162 Å². The molecular formula is C19H24ClN3O2S. The summed E-state index contributed by atoms with van der Waals surface area (Å²) in [7, 11) is 0. The van der Waals surface area contributed by atoms with Gasteiger partial charge in [-0.25, -0.2) is 0 Å². The van der Waals surface area contributed by atoms with Crippen LogP contribution in [0.2, 0.25) is 4.34 Å². The van der Waals surface area contributed by atoms with Gasteiger partial charge in [-0.1, -0.05) is 11.6 Å². The number of likely N-dealkylation sites (tertiary alicyclic amines) is 1. The van der Waals surface area contributed by atoms with Gasteiger partial charge < -0.3 is 9.64 Å². The van der Waals surface area contributed by atoms with Gasteiger partial charge in [-0.2, -0.15) is 5.10 Å². The van der Waals surface area contributed by atoms with Gasteiger partial charge in [0.15, 0.2) is 0 Å². The van der Waals surface area contributed by atoms with Crippen LogP contribution >= 0.6 is 22.9 Å². The smallest absolute Gasteiger partial charge is 0.256 e. The van der Waals surface area contributed by atoms with Crippen molar-refractivity contribution in [3.05, 3.63) is 39.3 Å². The van der Waals surface area contributed by atoms with E-state index in [4.69, 9.17) is 16.3 Å². The molecule has 4 rings (SSSR count). The molecule has 140 valence electrons. The summed E-state index contributed by atoms with van der Waals surface area (Å²) in [5.74, 6) is 0.0156. The zero-order valence-electron chi connectivity index (χ0n) is 15.4. The molecule has 2 fully saturated rings. The molecule has 2 aromatic heterocycles. The highest BCUT2D eigenvalue weighted by Crippen LogP contribution is 2.55. The van der Waals surface area contributed by atoms with Crippen LogP contribution in [0.3, 0.4) is 0 Å². The largest absolute Gasteiger partial charge is 0.381 e. The molecule has 7 heteroatoms. The van der Waals surface area contributed by atoms with Crippen molar-refractivity contribution >= 4 is 28.8 Å². The molecule has 2 aliphatic rings. The zero-order chi connectivity index (χ0) is 18.5. The van der Waals surface area contributed by atoms with Gasteiger partial charge in [0.1, 0.15) is 4.34 Å². The van der Waals surface area contributed by atoms with Crippen molar-refractivity contribution in [1.29, 1.82) is 0 Å². The van der Waals surface area contributed by atoms with E-state index >= 15 is 0 Å². The maximum absolute atomic E-state index is 13.1. The second-order valence-electron chi connectivity index (χ2n) is 8.31. The zero-order valence-corrected chi connectivity index (χ0v) is 16.9. The van der Waals surface area contributed by atoms with E-state index in [1.807, 2.05) is 27.2 Å². The summed E-state index contributed by atoms with van der Waals surface area (Å²) in [6.07, 6.45) is 5.96. The number of hydrogen-bond donors (Lipinski definition) is 0. The number of nitrogens with zero attached hydrogens (tertiary/aromatic N) is 3. The Balaban J connectivity index is 1.68. The predicted molar refractivity (Wildman–Crippen MR) is 103 cm³/mol. The van der Waals surface area contributed by atoms with Gasteiger partial charge in [-0.05, 0) is 45.1 Å². The van der Waals surface area contributed by atoms with Gasteiger partial charge in [0.2, 0.25) is 0 Å². The molecule has 2 saturated heterocycles. The van der Waals surface area contributed by atoms with Crippen LogP contribution in [0, 0.1) is 5.41 Å². The lowest BCUT2D eigenvalue weighted by molar-refractivity contribution is -0.115. The summed E-state index contributed by atoms with van der Waals surface area (Å²) in [5, 5.41) is 6.43. The number of ether oxygens (including phenoxy) is 1. The van der Waals surface area contributed by atoms with Crippen molar-refractivity contribution in [2.45, 2.75) is 45.2 Å². The van der Waals surface area contributed by atoms with E-state index in [-0.39, 0.29) is 22.9 Å². The first-order chi connectivity index (χ1) is 12.3. The van der Waals surface area contributed by atoms with Crippen molar-refractivity contribution in [1.82, 2.24) is 14.7 Å². The number of carbonyl (C=O) groups excluding carboxylic acids is 1. The normalized spacial score (nSPS) is 22.5. The van der Waals surface area contributed by atoms with Gasteiger partial charge in [0, 0.05) is 36.9 Å². The maximum Gasteiger partial charge on any atom is 0.256 e. The Morgan fingerprint density at radius 3 is 2.69 bits per heavy atom. The Hall–Kier alpha value is -1.37. The Bertz CT molecular complexity index is 817. The van der Waals surface area contributed by atoms with Crippen LogP contribution in [0.15, 0.2) is 23.8 Å². The van der Waals surface area contributed by atoms with E-state index < -0.39 is 0 Å². The molecule has 0 aliphatic carbocycles. The highest BCUT2D eigenvalue weighted by molar-refractivity contribution is 7.14. The molecule has 1 amide bonds. The fourth-order valence-corrected chi connectivity index (χ4v) is 5.02. The Morgan fingerprint density at radius 1 is 1.38 bits per heavy atom. The second-order valence-corrected chi connectivity index (χ2v) is 9.83. The first-order valence-corrected chi connectivity index (χ1v) is 10.2. The van der Waals surface area contributed by atoms with E-state index in [2.05, 4.69) is 32.1 Å². The molecule has 0 bridgehead atoms. The summed E-state index contributed by atoms with van der Waals surface area (Å²) >= 11 is 7.63. The SMILES string of the molecule is CC(C)(C)n1cc(C2N(C(=O)c3ccsc3Cl)CC23CCOCC3)cn1. The molecule has 0 radical (unpaired) electrons. The molecule has 0 aromatic carbocycles. The summed E-state index contributed by atoms with van der Waals surface area (Å²) in [6, 6.07) is 1.85. The number of rotatable bonds is 2.